The number of carboxylic acids is 1. The van der Waals surface area contributed by atoms with Crippen molar-refractivity contribution in [2.45, 2.75) is 46.6 Å². The topological polar surface area (TPSA) is 194 Å². The van der Waals surface area contributed by atoms with E-state index in [-0.39, 0.29) is 78.7 Å². The molecule has 9 aromatic rings. The van der Waals surface area contributed by atoms with Gasteiger partial charge in [-0.15, -0.1) is 36.2 Å². The van der Waals surface area contributed by atoms with Gasteiger partial charge in [-0.25, -0.2) is 42.5 Å². The number of aliphatic hydroxyl groups is 1. The van der Waals surface area contributed by atoms with Crippen LogP contribution in [0.2, 0.25) is 30.1 Å². The van der Waals surface area contributed by atoms with Crippen LogP contribution < -0.4 is 18.9 Å². The number of aromatic carboxylic acids is 1. The van der Waals surface area contributed by atoms with Gasteiger partial charge in [0.1, 0.15) is 41.5 Å². The Morgan fingerprint density at radius 3 is 1.11 bits per heavy atom. The van der Waals surface area contributed by atoms with Gasteiger partial charge in [-0.3, -0.25) is 13.7 Å². The molecule has 0 radical (unpaired) electrons. The van der Waals surface area contributed by atoms with Crippen molar-refractivity contribution in [1.29, 1.82) is 0 Å². The van der Waals surface area contributed by atoms with E-state index in [1.54, 1.807) is 85.1 Å². The summed E-state index contributed by atoms with van der Waals surface area (Å²) in [4.78, 5) is 50.1. The van der Waals surface area contributed by atoms with Crippen molar-refractivity contribution in [3.8, 4) is 17.1 Å². The van der Waals surface area contributed by atoms with E-state index in [9.17, 15) is 37.8 Å². The third-order valence-corrected chi connectivity index (χ3v) is 15.9. The number of carbonyl (C=O) groups excluding carboxylic acids is 2. The molecule has 0 fully saturated rings. The van der Waals surface area contributed by atoms with Gasteiger partial charge in [-0.1, -0.05) is 87.8 Å². The number of hydrogen-bond acceptors (Lipinski definition) is 13. The number of esters is 2. The second-order valence-electron chi connectivity index (χ2n) is 15.8. The van der Waals surface area contributed by atoms with Crippen LogP contribution in [-0.2, 0) is 27.6 Å². The van der Waals surface area contributed by atoms with Gasteiger partial charge in [0.15, 0.2) is 17.1 Å². The first-order chi connectivity index (χ1) is 38.4. The average molecular weight is 1290 g/mol. The number of imidazole rings is 3. The van der Waals surface area contributed by atoms with Crippen molar-refractivity contribution in [2.75, 3.05) is 13.2 Å². The first-order valence-electron chi connectivity index (χ1n) is 23.3. The summed E-state index contributed by atoms with van der Waals surface area (Å²) in [6.45, 7) is 3.57. The number of thiol groups is 1. The van der Waals surface area contributed by atoms with Crippen LogP contribution in [0, 0.1) is 17.5 Å². The Balaban J connectivity index is 0.000000245. The van der Waals surface area contributed by atoms with E-state index in [1.807, 2.05) is 0 Å². The minimum absolute atomic E-state index is 0. The summed E-state index contributed by atoms with van der Waals surface area (Å²) in [6, 6.07) is 32.6. The molecule has 0 aliphatic heterocycles. The predicted molar refractivity (Wildman–Crippen MR) is 313 cm³/mol. The summed E-state index contributed by atoms with van der Waals surface area (Å²) < 4.78 is 54.0. The average Bonchev–Trinajstić information content (AvgIpc) is 4.19. The fraction of sp³-hybridized carbons (Fsp3) is 0.127. The Morgan fingerprint density at radius 2 is 0.805 bits per heavy atom. The molecule has 0 spiro atoms. The largest absolute Gasteiger partial charge is 1.00 e. The van der Waals surface area contributed by atoms with E-state index < -0.39 is 23.7 Å². The second-order valence-corrected chi connectivity index (χ2v) is 20.6. The zero-order chi connectivity index (χ0) is 58.0. The van der Waals surface area contributed by atoms with Gasteiger partial charge in [-0.05, 0) is 123 Å². The zero-order valence-electron chi connectivity index (χ0n) is 43.1. The van der Waals surface area contributed by atoms with Crippen molar-refractivity contribution in [1.82, 2.24) is 28.7 Å². The van der Waals surface area contributed by atoms with Crippen molar-refractivity contribution < 1.29 is 71.6 Å². The van der Waals surface area contributed by atoms with Crippen LogP contribution in [0.4, 0.5) is 13.2 Å². The Labute approximate surface area is 524 Å². The molecule has 3 aromatic heterocycles. The molecule has 0 aliphatic carbocycles. The molecule has 82 heavy (non-hydrogen) atoms. The second kappa shape index (κ2) is 33.7. The normalized spacial score (nSPS) is 10.4. The number of aliphatic hydroxyl groups excluding tert-OH is 1. The van der Waals surface area contributed by atoms with Gasteiger partial charge in [0.2, 0.25) is 0 Å². The molecule has 3 N–H and O–H groups in total. The van der Waals surface area contributed by atoms with Crippen LogP contribution in [0.3, 0.4) is 0 Å². The number of ether oxygens (including phenoxy) is 2. The minimum atomic E-state index is -1.12. The SMILES string of the molecule is CCOC(=O)c1cnc(CO)n1-c1ccc(F)cc1.CCOC(=O)c1cnc(CSc2c(Cl)cccc2Cl)n1-c1ccc(F)cc1.O=C(O)c1cnc(CSc2c(Cl)cccc2Cl)n1-c1ccc(F)cc1.Sc1c(Cl)cccc1Cl.[Li+].[OH-]. The first-order valence-corrected chi connectivity index (χ1v) is 28.0. The number of aromatic nitrogens is 6. The van der Waals surface area contributed by atoms with Gasteiger partial charge in [-0.2, -0.15) is 0 Å². The van der Waals surface area contributed by atoms with Gasteiger partial charge in [0, 0.05) is 31.7 Å². The Morgan fingerprint density at radius 1 is 0.512 bits per heavy atom. The summed E-state index contributed by atoms with van der Waals surface area (Å²) >= 11 is 42.9. The van der Waals surface area contributed by atoms with Crippen molar-refractivity contribution >= 4 is 124 Å². The van der Waals surface area contributed by atoms with Gasteiger partial charge >= 0.3 is 36.8 Å². The van der Waals surface area contributed by atoms with E-state index in [0.717, 1.165) is 4.90 Å². The summed E-state index contributed by atoms with van der Waals surface area (Å²) in [6.07, 6.45) is 4.05. The number of carbonyl (C=O) groups is 3. The number of halogens is 9. The third kappa shape index (κ3) is 18.5. The quantitative estimate of drug-likeness (QED) is 0.0380. The number of thioether (sulfide) groups is 2. The molecular formula is C55H44Cl6F3LiN6O8S3. The number of benzene rings is 6. The molecule has 0 atom stereocenters. The Kier molecular flexibility index (Phi) is 28.3. The molecule has 3 heterocycles. The van der Waals surface area contributed by atoms with Crippen LogP contribution in [0.1, 0.15) is 62.8 Å². The molecule has 0 aliphatic rings. The maximum Gasteiger partial charge on any atom is 1.00 e. The molecule has 0 amide bonds. The van der Waals surface area contributed by atoms with E-state index in [0.29, 0.717) is 80.1 Å². The molecule has 424 valence electrons. The minimum Gasteiger partial charge on any atom is -0.870 e. The summed E-state index contributed by atoms with van der Waals surface area (Å²) in [5, 5.41) is 21.9. The fourth-order valence-electron chi connectivity index (χ4n) is 6.97. The Bertz CT molecular complexity index is 3530. The van der Waals surface area contributed by atoms with Crippen molar-refractivity contribution in [3.63, 3.8) is 0 Å². The molecular weight excluding hydrogens is 1250 g/mol. The molecule has 0 bridgehead atoms. The standard InChI is InChI=1S/C19H15Cl2FN2O2S.C17H11Cl2FN2O2S.C13H13FN2O3.C6H4Cl2S.Li.H2O/c1-2-26-19(25)16-10-23-17(24(16)13-8-6-12(22)7-9-13)11-27-18-14(20)4-3-5-15(18)21;18-12-2-1-3-13(19)16(12)25-9-15-21-8-14(17(23)24)22(15)11-6-4-10(20)5-7-11;1-2-19-13(18)11-7-15-12(8-17)16(11)10-5-3-9(14)4-6-10;7-4-2-1-3-5(8)6(4)9;;/h3-10H,2,11H2,1H3;1-8H,9H2,(H,23,24);3-7,17H,2,8H2,1H3;1-3,9H;;1H2/q;;;;+1;/p-1. The molecule has 0 saturated heterocycles. The predicted octanol–water partition coefficient (Wildman–Crippen LogP) is 12.9. The maximum atomic E-state index is 13.3. The number of hydrogen-bond donors (Lipinski definition) is 3. The third-order valence-electron chi connectivity index (χ3n) is 10.6. The molecule has 0 saturated carbocycles. The fourth-order valence-corrected chi connectivity index (χ4v) is 10.7. The van der Waals surface area contributed by atoms with E-state index in [4.69, 9.17) is 79.1 Å². The molecule has 6 aromatic carbocycles. The monoisotopic (exact) mass is 1290 g/mol. The van der Waals surface area contributed by atoms with Crippen molar-refractivity contribution in [2.24, 2.45) is 0 Å². The van der Waals surface area contributed by atoms with E-state index >= 15 is 0 Å². The summed E-state index contributed by atoms with van der Waals surface area (Å²) in [5.74, 6) is -1.20. The molecule has 27 heteroatoms. The van der Waals surface area contributed by atoms with Crippen LogP contribution >= 0.6 is 106 Å². The first kappa shape index (κ1) is 69.0. The number of carboxylic acid groups (broad SMARTS) is 1. The van der Waals surface area contributed by atoms with E-state index in [1.165, 1.54) is 112 Å². The van der Waals surface area contributed by atoms with Crippen LogP contribution in [0.15, 0.2) is 161 Å². The maximum absolute atomic E-state index is 13.3. The Hall–Kier alpha value is -5.54. The summed E-state index contributed by atoms with van der Waals surface area (Å²) in [7, 11) is 0. The summed E-state index contributed by atoms with van der Waals surface area (Å²) in [5.41, 5.74) is 2.11. The van der Waals surface area contributed by atoms with Crippen LogP contribution in [-0.4, -0.2) is 75.5 Å². The van der Waals surface area contributed by atoms with Crippen LogP contribution in [0.25, 0.3) is 17.1 Å². The number of nitrogens with zero attached hydrogens (tertiary/aromatic N) is 6. The van der Waals surface area contributed by atoms with Gasteiger partial charge < -0.3 is 25.2 Å². The van der Waals surface area contributed by atoms with Crippen LogP contribution in [0.5, 0.6) is 0 Å². The molecule has 0 unspecified atom stereocenters. The zero-order valence-corrected chi connectivity index (χ0v) is 50.2. The van der Waals surface area contributed by atoms with Crippen molar-refractivity contribution in [3.05, 3.63) is 228 Å². The van der Waals surface area contributed by atoms with Gasteiger partial charge in [0.25, 0.3) is 0 Å². The van der Waals surface area contributed by atoms with Gasteiger partial charge in [0.05, 0.1) is 73.4 Å². The smallest absolute Gasteiger partial charge is 0.870 e. The molecule has 14 nitrogen and oxygen atoms in total. The number of rotatable bonds is 15. The van der Waals surface area contributed by atoms with E-state index in [2.05, 4.69) is 27.6 Å². The molecule has 9 rings (SSSR count).